The van der Waals surface area contributed by atoms with Crippen LogP contribution in [0.25, 0.3) is 0 Å². The van der Waals surface area contributed by atoms with E-state index in [1.165, 1.54) is 12.1 Å². The molecule has 0 unspecified atom stereocenters. The molecule has 100 valence electrons. The monoisotopic (exact) mass is 254 g/mol. The number of rotatable bonds is 6. The molecule has 0 heterocycles. The molecule has 0 fully saturated rings. The van der Waals surface area contributed by atoms with Crippen LogP contribution in [0.3, 0.4) is 0 Å². The minimum Gasteiger partial charge on any atom is -0.399 e. The third-order valence-electron chi connectivity index (χ3n) is 2.64. The van der Waals surface area contributed by atoms with Crippen LogP contribution < -0.4 is 11.1 Å². The Morgan fingerprint density at radius 2 is 2.11 bits per heavy atom. The van der Waals surface area contributed by atoms with Crippen LogP contribution in [-0.4, -0.2) is 24.2 Å². The topological polar surface area (TPSA) is 75.4 Å². The van der Waals surface area contributed by atoms with Gasteiger partial charge in [0.25, 0.3) is 5.91 Å². The SMILES string of the molecule is Cc1cc(N)cc(C(=O)NCCCCCO)c1F. The number of amides is 1. The molecule has 0 saturated heterocycles. The van der Waals surface area contributed by atoms with Crippen LogP contribution >= 0.6 is 0 Å². The molecule has 0 aromatic heterocycles. The lowest BCUT2D eigenvalue weighted by Gasteiger charge is -2.08. The van der Waals surface area contributed by atoms with Crippen molar-refractivity contribution in [2.24, 2.45) is 0 Å². The number of aliphatic hydroxyl groups excluding tert-OH is 1. The molecule has 1 aromatic rings. The van der Waals surface area contributed by atoms with Crippen molar-refractivity contribution in [3.63, 3.8) is 0 Å². The predicted molar refractivity (Wildman–Crippen MR) is 68.8 cm³/mol. The summed E-state index contributed by atoms with van der Waals surface area (Å²) in [5.41, 5.74) is 6.30. The average molecular weight is 254 g/mol. The Labute approximate surface area is 106 Å². The Hall–Kier alpha value is -1.62. The predicted octanol–water partition coefficient (Wildman–Crippen LogP) is 1.61. The lowest BCUT2D eigenvalue weighted by molar-refractivity contribution is 0.0948. The lowest BCUT2D eigenvalue weighted by atomic mass is 10.1. The van der Waals surface area contributed by atoms with Gasteiger partial charge in [0.1, 0.15) is 5.82 Å². The largest absolute Gasteiger partial charge is 0.399 e. The molecule has 1 rings (SSSR count). The Balaban J connectivity index is 2.56. The van der Waals surface area contributed by atoms with Crippen LogP contribution in [0.5, 0.6) is 0 Å². The van der Waals surface area contributed by atoms with Crippen molar-refractivity contribution >= 4 is 11.6 Å². The molecule has 0 spiro atoms. The number of carbonyl (C=O) groups excluding carboxylic acids is 1. The summed E-state index contributed by atoms with van der Waals surface area (Å²) in [6.07, 6.45) is 2.30. The highest BCUT2D eigenvalue weighted by Crippen LogP contribution is 2.16. The molecule has 18 heavy (non-hydrogen) atoms. The Morgan fingerprint density at radius 1 is 1.39 bits per heavy atom. The van der Waals surface area contributed by atoms with E-state index in [1.807, 2.05) is 0 Å². The van der Waals surface area contributed by atoms with Crippen molar-refractivity contribution < 1.29 is 14.3 Å². The number of anilines is 1. The number of hydrogen-bond donors (Lipinski definition) is 3. The molecule has 5 heteroatoms. The maximum atomic E-state index is 13.7. The molecule has 0 atom stereocenters. The molecule has 0 saturated carbocycles. The maximum absolute atomic E-state index is 13.7. The molecule has 0 radical (unpaired) electrons. The first-order valence-corrected chi connectivity index (χ1v) is 6.01. The van der Waals surface area contributed by atoms with Gasteiger partial charge in [-0.3, -0.25) is 4.79 Å². The number of carbonyl (C=O) groups is 1. The highest BCUT2D eigenvalue weighted by molar-refractivity contribution is 5.95. The second kappa shape index (κ2) is 6.96. The fourth-order valence-corrected chi connectivity index (χ4v) is 1.67. The van der Waals surface area contributed by atoms with Gasteiger partial charge in [-0.2, -0.15) is 0 Å². The smallest absolute Gasteiger partial charge is 0.254 e. The van der Waals surface area contributed by atoms with Gasteiger partial charge in [-0.05, 0) is 43.9 Å². The molecular formula is C13H19FN2O2. The third-order valence-corrected chi connectivity index (χ3v) is 2.64. The van der Waals surface area contributed by atoms with Gasteiger partial charge in [0, 0.05) is 18.8 Å². The summed E-state index contributed by atoms with van der Waals surface area (Å²) in [6.45, 7) is 2.19. The third kappa shape index (κ3) is 4.00. The van der Waals surface area contributed by atoms with E-state index in [9.17, 15) is 9.18 Å². The number of aryl methyl sites for hydroxylation is 1. The first-order valence-electron chi connectivity index (χ1n) is 6.01. The molecule has 4 nitrogen and oxygen atoms in total. The van der Waals surface area contributed by atoms with Gasteiger partial charge in [-0.25, -0.2) is 4.39 Å². The number of hydrogen-bond acceptors (Lipinski definition) is 3. The zero-order valence-electron chi connectivity index (χ0n) is 10.5. The molecule has 4 N–H and O–H groups in total. The normalized spacial score (nSPS) is 10.4. The summed E-state index contributed by atoms with van der Waals surface area (Å²) in [5, 5.41) is 11.2. The molecule has 0 aliphatic carbocycles. The zero-order chi connectivity index (χ0) is 13.5. The summed E-state index contributed by atoms with van der Waals surface area (Å²) >= 11 is 0. The fourth-order valence-electron chi connectivity index (χ4n) is 1.67. The first kappa shape index (κ1) is 14.4. The Morgan fingerprint density at radius 3 is 2.78 bits per heavy atom. The van der Waals surface area contributed by atoms with Crippen molar-refractivity contribution in [1.29, 1.82) is 0 Å². The van der Waals surface area contributed by atoms with Crippen LogP contribution in [0.2, 0.25) is 0 Å². The number of aliphatic hydroxyl groups is 1. The van der Waals surface area contributed by atoms with Crippen LogP contribution in [0, 0.1) is 12.7 Å². The number of nitrogens with two attached hydrogens (primary N) is 1. The van der Waals surface area contributed by atoms with Crippen LogP contribution in [0.15, 0.2) is 12.1 Å². The quantitative estimate of drug-likeness (QED) is 0.533. The molecule has 1 amide bonds. The van der Waals surface area contributed by atoms with Crippen LogP contribution in [0.1, 0.15) is 35.2 Å². The van der Waals surface area contributed by atoms with Gasteiger partial charge in [-0.15, -0.1) is 0 Å². The summed E-state index contributed by atoms with van der Waals surface area (Å²) < 4.78 is 13.7. The number of halogens is 1. The van der Waals surface area contributed by atoms with E-state index in [0.717, 1.165) is 12.8 Å². The van der Waals surface area contributed by atoms with E-state index < -0.39 is 11.7 Å². The van der Waals surface area contributed by atoms with Crippen LogP contribution in [-0.2, 0) is 0 Å². The van der Waals surface area contributed by atoms with Gasteiger partial charge >= 0.3 is 0 Å². The van der Waals surface area contributed by atoms with Crippen molar-refractivity contribution in [3.05, 3.63) is 29.1 Å². The molecule has 1 aromatic carbocycles. The number of nitrogens with one attached hydrogen (secondary N) is 1. The number of benzene rings is 1. The van der Waals surface area contributed by atoms with Gasteiger partial charge in [0.15, 0.2) is 0 Å². The Kier molecular flexibility index (Phi) is 5.58. The molecule has 0 aliphatic rings. The van der Waals surface area contributed by atoms with E-state index in [-0.39, 0.29) is 12.2 Å². The minimum atomic E-state index is -0.531. The van der Waals surface area contributed by atoms with Gasteiger partial charge in [0.2, 0.25) is 0 Å². The summed E-state index contributed by atoms with van der Waals surface area (Å²) in [6, 6.07) is 2.83. The van der Waals surface area contributed by atoms with Gasteiger partial charge in [0.05, 0.1) is 5.56 Å². The average Bonchev–Trinajstić information content (AvgIpc) is 2.33. The highest BCUT2D eigenvalue weighted by atomic mass is 19.1. The zero-order valence-corrected chi connectivity index (χ0v) is 10.5. The second-order valence-electron chi connectivity index (χ2n) is 4.24. The second-order valence-corrected chi connectivity index (χ2v) is 4.24. The van der Waals surface area contributed by atoms with Crippen molar-refractivity contribution in [1.82, 2.24) is 5.32 Å². The maximum Gasteiger partial charge on any atom is 0.254 e. The van der Waals surface area contributed by atoms with Crippen molar-refractivity contribution in [2.45, 2.75) is 26.2 Å². The van der Waals surface area contributed by atoms with Gasteiger partial charge < -0.3 is 16.2 Å². The Bertz CT molecular complexity index is 422. The fraction of sp³-hybridized carbons (Fsp3) is 0.462. The van der Waals surface area contributed by atoms with Crippen molar-refractivity contribution in [2.75, 3.05) is 18.9 Å². The molecule has 0 bridgehead atoms. The van der Waals surface area contributed by atoms with E-state index in [0.29, 0.717) is 24.2 Å². The van der Waals surface area contributed by atoms with E-state index in [4.69, 9.17) is 10.8 Å². The van der Waals surface area contributed by atoms with Gasteiger partial charge in [-0.1, -0.05) is 0 Å². The van der Waals surface area contributed by atoms with E-state index in [2.05, 4.69) is 5.32 Å². The summed E-state index contributed by atoms with van der Waals surface area (Å²) in [4.78, 5) is 11.7. The lowest BCUT2D eigenvalue weighted by Crippen LogP contribution is -2.25. The van der Waals surface area contributed by atoms with Crippen LogP contribution in [0.4, 0.5) is 10.1 Å². The minimum absolute atomic E-state index is 0.0188. The van der Waals surface area contributed by atoms with E-state index in [1.54, 1.807) is 6.92 Å². The molecule has 0 aliphatic heterocycles. The number of nitrogen functional groups attached to an aromatic ring is 1. The van der Waals surface area contributed by atoms with Crippen molar-refractivity contribution in [3.8, 4) is 0 Å². The summed E-state index contributed by atoms with van der Waals surface area (Å²) in [7, 11) is 0. The molecular weight excluding hydrogens is 235 g/mol. The standard InChI is InChI=1S/C13H19FN2O2/c1-9-7-10(15)8-11(12(9)14)13(18)16-5-3-2-4-6-17/h7-8,17H,2-6,15H2,1H3,(H,16,18). The first-order chi connectivity index (χ1) is 8.56. The summed E-state index contributed by atoms with van der Waals surface area (Å²) in [5.74, 6) is -0.982. The van der Waals surface area contributed by atoms with E-state index >= 15 is 0 Å². The highest BCUT2D eigenvalue weighted by Gasteiger charge is 2.13. The number of unbranched alkanes of at least 4 members (excludes halogenated alkanes) is 2.